The predicted molar refractivity (Wildman–Crippen MR) is 63.4 cm³/mol. The zero-order valence-corrected chi connectivity index (χ0v) is 9.45. The predicted octanol–water partition coefficient (Wildman–Crippen LogP) is -0.101. The number of H-pyrrole nitrogens is 2. The molecule has 0 saturated carbocycles. The summed E-state index contributed by atoms with van der Waals surface area (Å²) in [5.74, 6) is 1.34. The number of fused-ring (bicyclic) bond motifs is 1. The number of hydrogen-bond donors (Lipinski definition) is 4. The number of nitrogens with two attached hydrogens (primary N) is 1. The van der Waals surface area contributed by atoms with E-state index in [1.165, 1.54) is 0 Å². The molecule has 0 bridgehead atoms. The molecular formula is C10H14N6O. The van der Waals surface area contributed by atoms with Gasteiger partial charge in [-0.05, 0) is 18.9 Å². The minimum absolute atomic E-state index is 0.0907. The smallest absolute Gasteiger partial charge is 0.278 e. The maximum absolute atomic E-state index is 11.6. The van der Waals surface area contributed by atoms with Crippen LogP contribution in [0.15, 0.2) is 4.79 Å². The van der Waals surface area contributed by atoms with E-state index in [0.29, 0.717) is 17.1 Å². The van der Waals surface area contributed by atoms with E-state index in [4.69, 9.17) is 5.73 Å². The molecule has 1 aliphatic rings. The van der Waals surface area contributed by atoms with Gasteiger partial charge in [-0.15, -0.1) is 0 Å². The quantitative estimate of drug-likeness (QED) is 0.550. The molecule has 1 fully saturated rings. The second-order valence-electron chi connectivity index (χ2n) is 4.47. The highest BCUT2D eigenvalue weighted by molar-refractivity contribution is 5.70. The molecule has 2 atom stereocenters. The molecule has 2 aromatic rings. The Morgan fingerprint density at radius 3 is 2.88 bits per heavy atom. The molecule has 0 aromatic carbocycles. The lowest BCUT2D eigenvalue weighted by Crippen LogP contribution is -2.18. The zero-order chi connectivity index (χ0) is 12.0. The van der Waals surface area contributed by atoms with Crippen molar-refractivity contribution in [2.75, 3.05) is 12.3 Å². The molecule has 0 aliphatic carbocycles. The fraction of sp³-hybridized carbons (Fsp3) is 0.500. The van der Waals surface area contributed by atoms with Gasteiger partial charge < -0.3 is 16.0 Å². The summed E-state index contributed by atoms with van der Waals surface area (Å²) >= 11 is 0. The van der Waals surface area contributed by atoms with Gasteiger partial charge >= 0.3 is 0 Å². The molecule has 3 rings (SSSR count). The van der Waals surface area contributed by atoms with Gasteiger partial charge in [-0.3, -0.25) is 9.78 Å². The van der Waals surface area contributed by atoms with Crippen LogP contribution in [0.3, 0.4) is 0 Å². The summed E-state index contributed by atoms with van der Waals surface area (Å²) in [6.07, 6.45) is 1.10. The SMILES string of the molecule is CC1CCNC1c1nc2nc(N)[nH]c(=O)c2[nH]1. The van der Waals surface area contributed by atoms with Crippen LogP contribution in [-0.4, -0.2) is 26.5 Å². The third-order valence-electron chi connectivity index (χ3n) is 3.23. The molecule has 2 unspecified atom stereocenters. The average Bonchev–Trinajstić information content (AvgIpc) is 2.83. The van der Waals surface area contributed by atoms with Crippen molar-refractivity contribution in [1.82, 2.24) is 25.3 Å². The largest absolute Gasteiger partial charge is 0.369 e. The topological polar surface area (TPSA) is 112 Å². The third kappa shape index (κ3) is 1.59. The lowest BCUT2D eigenvalue weighted by atomic mass is 10.0. The fourth-order valence-electron chi connectivity index (χ4n) is 2.29. The number of nitrogens with one attached hydrogen (secondary N) is 3. The molecule has 7 nitrogen and oxygen atoms in total. The van der Waals surface area contributed by atoms with Crippen molar-refractivity contribution in [2.24, 2.45) is 5.92 Å². The number of nitrogen functional groups attached to an aromatic ring is 1. The highest BCUT2D eigenvalue weighted by Crippen LogP contribution is 2.27. The normalized spacial score (nSPS) is 24.5. The Hall–Kier alpha value is -1.89. The third-order valence-corrected chi connectivity index (χ3v) is 3.23. The van der Waals surface area contributed by atoms with E-state index in [2.05, 4.69) is 32.2 Å². The highest BCUT2D eigenvalue weighted by Gasteiger charge is 2.27. The standard InChI is InChI=1S/C10H14N6O/c1-4-2-3-12-5(4)7-13-6-8(14-7)15-10(11)16-9(6)17/h4-5,12H,2-3H2,1H3,(H4,11,13,14,15,16,17). The van der Waals surface area contributed by atoms with E-state index < -0.39 is 0 Å². The van der Waals surface area contributed by atoms with Crippen LogP contribution < -0.4 is 16.6 Å². The first-order valence-corrected chi connectivity index (χ1v) is 5.64. The molecule has 90 valence electrons. The molecule has 2 aromatic heterocycles. The van der Waals surface area contributed by atoms with Gasteiger partial charge in [-0.1, -0.05) is 6.92 Å². The van der Waals surface area contributed by atoms with Crippen molar-refractivity contribution in [3.63, 3.8) is 0 Å². The fourth-order valence-corrected chi connectivity index (χ4v) is 2.29. The molecule has 3 heterocycles. The van der Waals surface area contributed by atoms with Gasteiger partial charge in [-0.2, -0.15) is 4.98 Å². The van der Waals surface area contributed by atoms with Gasteiger partial charge in [0.25, 0.3) is 5.56 Å². The van der Waals surface area contributed by atoms with Crippen LogP contribution in [0.2, 0.25) is 0 Å². The molecule has 0 radical (unpaired) electrons. The summed E-state index contributed by atoms with van der Waals surface area (Å²) in [6, 6.07) is 0.157. The van der Waals surface area contributed by atoms with Gasteiger partial charge in [0.05, 0.1) is 6.04 Å². The van der Waals surface area contributed by atoms with Crippen molar-refractivity contribution in [3.8, 4) is 0 Å². The molecule has 5 N–H and O–H groups in total. The Morgan fingerprint density at radius 2 is 2.18 bits per heavy atom. The van der Waals surface area contributed by atoms with Crippen LogP contribution in [-0.2, 0) is 0 Å². The van der Waals surface area contributed by atoms with Gasteiger partial charge in [0, 0.05) is 0 Å². The van der Waals surface area contributed by atoms with Gasteiger partial charge in [-0.25, -0.2) is 4.98 Å². The van der Waals surface area contributed by atoms with Crippen LogP contribution in [0.4, 0.5) is 5.95 Å². The minimum Gasteiger partial charge on any atom is -0.369 e. The zero-order valence-electron chi connectivity index (χ0n) is 9.45. The number of anilines is 1. The molecule has 17 heavy (non-hydrogen) atoms. The Bertz CT molecular complexity index is 615. The van der Waals surface area contributed by atoms with Crippen LogP contribution in [0, 0.1) is 5.92 Å². The Balaban J connectivity index is 2.13. The van der Waals surface area contributed by atoms with E-state index in [1.54, 1.807) is 0 Å². The number of imidazole rings is 1. The molecule has 1 aliphatic heterocycles. The Morgan fingerprint density at radius 1 is 1.35 bits per heavy atom. The first kappa shape index (κ1) is 10.3. The number of hydrogen-bond acceptors (Lipinski definition) is 5. The summed E-state index contributed by atoms with van der Waals surface area (Å²) in [6.45, 7) is 3.12. The van der Waals surface area contributed by atoms with Crippen LogP contribution in [0.5, 0.6) is 0 Å². The molecule has 0 amide bonds. The summed E-state index contributed by atoms with van der Waals surface area (Å²) < 4.78 is 0. The molecular weight excluding hydrogens is 220 g/mol. The molecule has 7 heteroatoms. The van der Waals surface area contributed by atoms with Crippen LogP contribution in [0.1, 0.15) is 25.2 Å². The van der Waals surface area contributed by atoms with Crippen molar-refractivity contribution < 1.29 is 0 Å². The minimum atomic E-state index is -0.281. The Labute approximate surface area is 96.9 Å². The van der Waals surface area contributed by atoms with Gasteiger partial charge in [0.1, 0.15) is 5.82 Å². The summed E-state index contributed by atoms with van der Waals surface area (Å²) in [5, 5.41) is 3.35. The second kappa shape index (κ2) is 3.56. The Kier molecular flexibility index (Phi) is 2.15. The number of nitrogens with zero attached hydrogens (tertiary/aromatic N) is 2. The second-order valence-corrected chi connectivity index (χ2v) is 4.47. The van der Waals surface area contributed by atoms with Crippen molar-refractivity contribution >= 4 is 17.1 Å². The van der Waals surface area contributed by atoms with Crippen molar-refractivity contribution in [3.05, 3.63) is 16.2 Å². The van der Waals surface area contributed by atoms with E-state index in [9.17, 15) is 4.79 Å². The van der Waals surface area contributed by atoms with Crippen molar-refractivity contribution in [1.29, 1.82) is 0 Å². The van der Waals surface area contributed by atoms with Crippen LogP contribution >= 0.6 is 0 Å². The number of aromatic amines is 2. The summed E-state index contributed by atoms with van der Waals surface area (Å²) in [4.78, 5) is 25.5. The number of aromatic nitrogens is 4. The van der Waals surface area contributed by atoms with E-state index in [1.807, 2.05) is 0 Å². The first-order valence-electron chi connectivity index (χ1n) is 5.64. The van der Waals surface area contributed by atoms with Crippen molar-refractivity contribution in [2.45, 2.75) is 19.4 Å². The maximum Gasteiger partial charge on any atom is 0.278 e. The summed E-state index contributed by atoms with van der Waals surface area (Å²) in [7, 11) is 0. The first-order chi connectivity index (χ1) is 8.15. The lowest BCUT2D eigenvalue weighted by molar-refractivity contribution is 0.484. The van der Waals surface area contributed by atoms with Gasteiger partial charge in [0.15, 0.2) is 11.2 Å². The number of rotatable bonds is 1. The van der Waals surface area contributed by atoms with E-state index >= 15 is 0 Å². The van der Waals surface area contributed by atoms with E-state index in [0.717, 1.165) is 18.8 Å². The van der Waals surface area contributed by atoms with Gasteiger partial charge in [0.2, 0.25) is 5.95 Å². The molecule has 0 spiro atoms. The average molecular weight is 234 g/mol. The lowest BCUT2D eigenvalue weighted by Gasteiger charge is -2.11. The van der Waals surface area contributed by atoms with Crippen LogP contribution in [0.25, 0.3) is 11.2 Å². The van der Waals surface area contributed by atoms with E-state index in [-0.39, 0.29) is 17.5 Å². The summed E-state index contributed by atoms with van der Waals surface area (Å²) in [5.41, 5.74) is 5.96. The monoisotopic (exact) mass is 234 g/mol. The maximum atomic E-state index is 11.6. The molecule has 1 saturated heterocycles. The highest BCUT2D eigenvalue weighted by atomic mass is 16.1.